The van der Waals surface area contributed by atoms with Crippen molar-refractivity contribution in [3.8, 4) is 28.7 Å². The molecule has 1 aliphatic heterocycles. The molecule has 2 atom stereocenters. The smallest absolute Gasteiger partial charge is 0.225 e. The lowest BCUT2D eigenvalue weighted by molar-refractivity contribution is -0.122. The van der Waals surface area contributed by atoms with Crippen LogP contribution in [0.25, 0.3) is 0 Å². The predicted octanol–water partition coefficient (Wildman–Crippen LogP) is 3.82. The van der Waals surface area contributed by atoms with Gasteiger partial charge in [-0.15, -0.1) is 0 Å². The van der Waals surface area contributed by atoms with Crippen LogP contribution >= 0.6 is 0 Å². The molecule has 2 unspecified atom stereocenters. The van der Waals surface area contributed by atoms with E-state index >= 15 is 0 Å². The first-order valence-electron chi connectivity index (χ1n) is 11.2. The molecule has 8 nitrogen and oxygen atoms in total. The van der Waals surface area contributed by atoms with Crippen LogP contribution in [0.15, 0.2) is 41.6 Å². The third kappa shape index (κ3) is 4.27. The lowest BCUT2D eigenvalue weighted by Gasteiger charge is -2.34. The maximum absolute atomic E-state index is 13.4. The van der Waals surface area contributed by atoms with Gasteiger partial charge in [-0.3, -0.25) is 9.59 Å². The van der Waals surface area contributed by atoms with Crippen LogP contribution in [-0.2, 0) is 9.59 Å². The number of methoxy groups -OCH3 is 3. The number of amides is 1. The minimum absolute atomic E-state index is 0.0184. The number of carbonyl (C=O) groups is 2. The first kappa shape index (κ1) is 23.5. The van der Waals surface area contributed by atoms with Gasteiger partial charge < -0.3 is 29.4 Å². The second-order valence-corrected chi connectivity index (χ2v) is 8.34. The molecule has 180 valence electrons. The number of ketones is 1. The van der Waals surface area contributed by atoms with Crippen molar-refractivity contribution in [3.05, 3.63) is 52.7 Å². The van der Waals surface area contributed by atoms with Gasteiger partial charge in [0.25, 0.3) is 0 Å². The molecule has 0 radical (unpaired) electrons. The van der Waals surface area contributed by atoms with Gasteiger partial charge in [-0.25, -0.2) is 0 Å². The van der Waals surface area contributed by atoms with Gasteiger partial charge in [0.05, 0.1) is 27.9 Å². The zero-order valence-electron chi connectivity index (χ0n) is 19.8. The number of benzene rings is 2. The molecule has 1 heterocycles. The molecule has 0 fully saturated rings. The van der Waals surface area contributed by atoms with E-state index in [9.17, 15) is 14.7 Å². The van der Waals surface area contributed by atoms with Crippen molar-refractivity contribution in [2.45, 2.75) is 38.0 Å². The molecule has 2 aromatic rings. The molecule has 34 heavy (non-hydrogen) atoms. The molecule has 2 N–H and O–H groups in total. The molecular weight excluding hydrogens is 438 g/mol. The minimum Gasteiger partial charge on any atom is -0.502 e. The fraction of sp³-hybridized carbons (Fsp3) is 0.385. The third-order valence-electron chi connectivity index (χ3n) is 6.40. The Morgan fingerprint density at radius 1 is 0.882 bits per heavy atom. The normalized spacial score (nSPS) is 19.9. The first-order chi connectivity index (χ1) is 16.4. The summed E-state index contributed by atoms with van der Waals surface area (Å²) in [5, 5.41) is 13.2. The van der Waals surface area contributed by atoms with Gasteiger partial charge in [-0.2, -0.15) is 0 Å². The number of allylic oxidation sites excluding steroid dienone is 2. The van der Waals surface area contributed by atoms with E-state index in [2.05, 4.69) is 5.32 Å². The molecule has 0 saturated carbocycles. The largest absolute Gasteiger partial charge is 0.502 e. The Bertz CT molecular complexity index is 1130. The average Bonchev–Trinajstić information content (AvgIpc) is 2.83. The number of nitrogens with one attached hydrogen (secondary N) is 1. The summed E-state index contributed by atoms with van der Waals surface area (Å²) >= 11 is 0. The number of rotatable bonds is 7. The number of hydrogen-bond acceptors (Lipinski definition) is 7. The van der Waals surface area contributed by atoms with Crippen molar-refractivity contribution in [3.63, 3.8) is 0 Å². The van der Waals surface area contributed by atoms with E-state index in [-0.39, 0.29) is 41.3 Å². The highest BCUT2D eigenvalue weighted by atomic mass is 16.5. The summed E-state index contributed by atoms with van der Waals surface area (Å²) in [7, 11) is 4.47. The predicted molar refractivity (Wildman–Crippen MR) is 125 cm³/mol. The second-order valence-electron chi connectivity index (χ2n) is 8.34. The molecule has 0 spiro atoms. The lowest BCUT2D eigenvalue weighted by Crippen LogP contribution is -2.38. The number of ether oxygens (including phenoxy) is 4. The first-order valence-corrected chi connectivity index (χ1v) is 11.2. The minimum atomic E-state index is -0.449. The van der Waals surface area contributed by atoms with Crippen molar-refractivity contribution in [1.29, 1.82) is 0 Å². The van der Waals surface area contributed by atoms with Gasteiger partial charge in [0, 0.05) is 30.0 Å². The van der Waals surface area contributed by atoms with Crippen molar-refractivity contribution < 1.29 is 33.6 Å². The highest BCUT2D eigenvalue weighted by molar-refractivity contribution is 6.02. The molecular formula is C26H29NO7. The fourth-order valence-electron chi connectivity index (χ4n) is 4.81. The summed E-state index contributed by atoms with van der Waals surface area (Å²) in [4.78, 5) is 26.1. The Morgan fingerprint density at radius 2 is 1.53 bits per heavy atom. The van der Waals surface area contributed by atoms with Gasteiger partial charge in [0.15, 0.2) is 28.8 Å². The Labute approximate surface area is 198 Å². The van der Waals surface area contributed by atoms with Crippen LogP contribution in [0.5, 0.6) is 28.7 Å². The standard InChI is InChI=1S/C26H29NO7/c1-5-34-20-7-6-14(10-21(20)31-2)15-8-18-25(19(28)9-15)17(13-24(29)27-18)16-11-22(32-3)26(30)23(12-16)33-4/h6-7,10-12,15,17,30H,5,8-9,13H2,1-4H3,(H,27,29). The Hall–Kier alpha value is -3.68. The van der Waals surface area contributed by atoms with Gasteiger partial charge in [0.1, 0.15) is 0 Å². The summed E-state index contributed by atoms with van der Waals surface area (Å²) in [6.45, 7) is 2.43. The quantitative estimate of drug-likeness (QED) is 0.638. The van der Waals surface area contributed by atoms with Crippen LogP contribution in [-0.4, -0.2) is 44.7 Å². The van der Waals surface area contributed by atoms with Crippen LogP contribution in [0.4, 0.5) is 0 Å². The number of phenols is 1. The number of aromatic hydroxyl groups is 1. The zero-order valence-corrected chi connectivity index (χ0v) is 19.8. The number of hydrogen-bond donors (Lipinski definition) is 2. The van der Waals surface area contributed by atoms with Crippen LogP contribution < -0.4 is 24.3 Å². The molecule has 2 aliphatic rings. The highest BCUT2D eigenvalue weighted by Crippen LogP contribution is 2.46. The van der Waals surface area contributed by atoms with E-state index < -0.39 is 5.92 Å². The molecule has 8 heteroatoms. The highest BCUT2D eigenvalue weighted by Gasteiger charge is 2.39. The zero-order chi connectivity index (χ0) is 24.4. The molecule has 1 aliphatic carbocycles. The van der Waals surface area contributed by atoms with E-state index in [1.807, 2.05) is 25.1 Å². The molecule has 1 amide bonds. The van der Waals surface area contributed by atoms with Crippen LogP contribution in [0.3, 0.4) is 0 Å². The second kappa shape index (κ2) is 9.67. The van der Waals surface area contributed by atoms with Crippen molar-refractivity contribution in [2.75, 3.05) is 27.9 Å². The summed E-state index contributed by atoms with van der Waals surface area (Å²) in [5.74, 6) is 0.868. The van der Waals surface area contributed by atoms with E-state index in [4.69, 9.17) is 18.9 Å². The summed E-state index contributed by atoms with van der Waals surface area (Å²) in [5.41, 5.74) is 2.87. The Kier molecular flexibility index (Phi) is 6.68. The van der Waals surface area contributed by atoms with Crippen LogP contribution in [0.1, 0.15) is 49.1 Å². The maximum atomic E-state index is 13.4. The van der Waals surface area contributed by atoms with Crippen LogP contribution in [0, 0.1) is 0 Å². The van der Waals surface area contributed by atoms with Gasteiger partial charge in [-0.05, 0) is 54.7 Å². The lowest BCUT2D eigenvalue weighted by atomic mass is 9.73. The fourth-order valence-corrected chi connectivity index (χ4v) is 4.81. The SMILES string of the molecule is CCOc1ccc(C2CC(=O)C3=C(C2)NC(=O)CC3c2cc(OC)c(O)c(OC)c2)cc1OC. The number of phenolic OH excluding ortho intramolecular Hbond substituents is 1. The molecule has 2 aromatic carbocycles. The third-order valence-corrected chi connectivity index (χ3v) is 6.40. The average molecular weight is 468 g/mol. The summed E-state index contributed by atoms with van der Waals surface area (Å²) in [6.07, 6.45) is 0.963. The Balaban J connectivity index is 1.71. The molecule has 4 rings (SSSR count). The van der Waals surface area contributed by atoms with Gasteiger partial charge in [-0.1, -0.05) is 6.07 Å². The van der Waals surface area contributed by atoms with E-state index in [0.717, 1.165) is 5.56 Å². The number of carbonyl (C=O) groups excluding carboxylic acids is 2. The molecule has 0 bridgehead atoms. The monoisotopic (exact) mass is 467 g/mol. The molecule has 0 aromatic heterocycles. The van der Waals surface area contributed by atoms with Crippen molar-refractivity contribution >= 4 is 11.7 Å². The number of Topliss-reactive ketones (excluding diaryl/α,β-unsaturated/α-hetero) is 1. The van der Waals surface area contributed by atoms with Gasteiger partial charge in [0.2, 0.25) is 11.7 Å². The summed E-state index contributed by atoms with van der Waals surface area (Å²) < 4.78 is 21.6. The van der Waals surface area contributed by atoms with Crippen molar-refractivity contribution in [1.82, 2.24) is 5.32 Å². The van der Waals surface area contributed by atoms with E-state index in [1.54, 1.807) is 19.2 Å². The summed E-state index contributed by atoms with van der Waals surface area (Å²) in [6, 6.07) is 9.00. The van der Waals surface area contributed by atoms with E-state index in [1.165, 1.54) is 14.2 Å². The maximum Gasteiger partial charge on any atom is 0.225 e. The van der Waals surface area contributed by atoms with Crippen LogP contribution in [0.2, 0.25) is 0 Å². The molecule has 0 saturated heterocycles. The van der Waals surface area contributed by atoms with Crippen molar-refractivity contribution in [2.24, 2.45) is 0 Å². The Morgan fingerprint density at radius 3 is 2.15 bits per heavy atom. The topological polar surface area (TPSA) is 103 Å². The van der Waals surface area contributed by atoms with E-state index in [0.29, 0.717) is 47.8 Å². The van der Waals surface area contributed by atoms with Gasteiger partial charge >= 0.3 is 0 Å².